The number of carbonyl (C=O) groups excluding carboxylic acids is 2. The first-order valence-corrected chi connectivity index (χ1v) is 13.6. The van der Waals surface area contributed by atoms with Crippen molar-refractivity contribution >= 4 is 18.0 Å². The maximum absolute atomic E-state index is 13.2. The second-order valence-corrected chi connectivity index (χ2v) is 10.6. The second kappa shape index (κ2) is 12.8. The fourth-order valence-corrected chi connectivity index (χ4v) is 5.07. The topological polar surface area (TPSA) is 108 Å². The van der Waals surface area contributed by atoms with E-state index >= 15 is 0 Å². The molecule has 0 aromatic heterocycles. The van der Waals surface area contributed by atoms with E-state index in [1.807, 2.05) is 73.5 Å². The van der Waals surface area contributed by atoms with E-state index in [4.69, 9.17) is 4.74 Å². The smallest absolute Gasteiger partial charge is 0.407 e. The first-order valence-electron chi connectivity index (χ1n) is 13.6. The highest BCUT2D eigenvalue weighted by Crippen LogP contribution is 2.44. The number of likely N-dealkylation sites (N-methyl/N-ethyl adjacent to an activating group) is 1. The van der Waals surface area contributed by atoms with Gasteiger partial charge < -0.3 is 20.5 Å². The van der Waals surface area contributed by atoms with Crippen LogP contribution in [-0.2, 0) is 20.9 Å². The summed E-state index contributed by atoms with van der Waals surface area (Å²) in [7, 11) is 1.81. The summed E-state index contributed by atoms with van der Waals surface area (Å²) in [5.41, 5.74) is 4.55. The molecular weight excluding hydrogens is 506 g/mol. The van der Waals surface area contributed by atoms with Gasteiger partial charge in [-0.1, -0.05) is 85.8 Å². The summed E-state index contributed by atoms with van der Waals surface area (Å²) in [5, 5.41) is 15.2. The summed E-state index contributed by atoms with van der Waals surface area (Å²) in [6, 6.07) is 24.8. The average Bonchev–Trinajstić information content (AvgIpc) is 3.28. The summed E-state index contributed by atoms with van der Waals surface area (Å²) < 4.78 is 5.61. The first-order chi connectivity index (χ1) is 19.2. The molecule has 0 fully saturated rings. The van der Waals surface area contributed by atoms with E-state index in [1.54, 1.807) is 6.92 Å². The molecule has 8 nitrogen and oxygen atoms in total. The van der Waals surface area contributed by atoms with Crippen LogP contribution in [-0.4, -0.2) is 60.8 Å². The molecule has 0 radical (unpaired) electrons. The van der Waals surface area contributed by atoms with E-state index < -0.39 is 29.4 Å². The lowest BCUT2D eigenvalue weighted by Crippen LogP contribution is -2.54. The predicted molar refractivity (Wildman–Crippen MR) is 154 cm³/mol. The predicted octanol–water partition coefficient (Wildman–Crippen LogP) is 4.64. The maximum atomic E-state index is 13.2. The number of ether oxygens (including phenoxy) is 1. The molecule has 1 aliphatic rings. The molecule has 0 saturated carbocycles. The fraction of sp³-hybridized carbons (Fsp3) is 0.344. The van der Waals surface area contributed by atoms with Gasteiger partial charge in [0.1, 0.15) is 12.6 Å². The van der Waals surface area contributed by atoms with Gasteiger partial charge in [-0.25, -0.2) is 9.59 Å². The largest absolute Gasteiger partial charge is 0.480 e. The highest BCUT2D eigenvalue weighted by molar-refractivity contribution is 5.88. The van der Waals surface area contributed by atoms with E-state index in [2.05, 4.69) is 34.9 Å². The highest BCUT2D eigenvalue weighted by Gasteiger charge is 2.35. The number of hydrogen-bond donors (Lipinski definition) is 3. The molecule has 2 amide bonds. The third-order valence-electron chi connectivity index (χ3n) is 7.69. The van der Waals surface area contributed by atoms with Crippen molar-refractivity contribution in [3.05, 3.63) is 95.6 Å². The number of alkyl carbamates (subject to hydrolysis) is 1. The maximum Gasteiger partial charge on any atom is 0.407 e. The van der Waals surface area contributed by atoms with E-state index in [0.29, 0.717) is 13.0 Å². The van der Waals surface area contributed by atoms with Gasteiger partial charge in [0.25, 0.3) is 0 Å². The third kappa shape index (κ3) is 6.69. The molecule has 0 saturated heterocycles. The Kier molecular flexibility index (Phi) is 9.22. The number of nitrogens with zero attached hydrogens (tertiary/aromatic N) is 1. The van der Waals surface area contributed by atoms with Crippen LogP contribution in [0.25, 0.3) is 11.1 Å². The Morgan fingerprint density at radius 1 is 0.950 bits per heavy atom. The number of nitrogens with one attached hydrogen (secondary N) is 2. The Balaban J connectivity index is 1.32. The summed E-state index contributed by atoms with van der Waals surface area (Å²) >= 11 is 0. The number of carboxylic acid groups (broad SMARTS) is 1. The Morgan fingerprint density at radius 3 is 2.10 bits per heavy atom. The van der Waals surface area contributed by atoms with Crippen molar-refractivity contribution in [2.45, 2.75) is 38.8 Å². The van der Waals surface area contributed by atoms with E-state index in [9.17, 15) is 19.5 Å². The minimum atomic E-state index is -1.11. The highest BCUT2D eigenvalue weighted by atomic mass is 16.5. The van der Waals surface area contributed by atoms with Crippen molar-refractivity contribution < 1.29 is 24.2 Å². The molecule has 3 aromatic carbocycles. The van der Waals surface area contributed by atoms with E-state index in [1.165, 1.54) is 0 Å². The zero-order chi connectivity index (χ0) is 28.7. The number of fused-ring (bicyclic) bond motifs is 3. The zero-order valence-electron chi connectivity index (χ0n) is 23.2. The molecular formula is C32H37N3O5. The van der Waals surface area contributed by atoms with Gasteiger partial charge in [0.05, 0.1) is 5.41 Å². The van der Waals surface area contributed by atoms with Crippen LogP contribution in [0.5, 0.6) is 0 Å². The number of hydrogen-bond acceptors (Lipinski definition) is 5. The van der Waals surface area contributed by atoms with Crippen LogP contribution >= 0.6 is 0 Å². The molecule has 3 aromatic rings. The van der Waals surface area contributed by atoms with Crippen LogP contribution in [0.3, 0.4) is 0 Å². The first kappa shape index (κ1) is 28.8. The molecule has 0 spiro atoms. The molecule has 210 valence electrons. The van der Waals surface area contributed by atoms with Gasteiger partial charge in [-0.15, -0.1) is 0 Å². The Bertz CT molecular complexity index is 1300. The van der Waals surface area contributed by atoms with E-state index in [0.717, 1.165) is 27.8 Å². The van der Waals surface area contributed by atoms with Gasteiger partial charge in [-0.2, -0.15) is 0 Å². The molecule has 0 heterocycles. The van der Waals surface area contributed by atoms with Gasteiger partial charge in [0, 0.05) is 25.6 Å². The van der Waals surface area contributed by atoms with Gasteiger partial charge in [-0.05, 0) is 48.2 Å². The lowest BCUT2D eigenvalue weighted by Gasteiger charge is -2.30. The third-order valence-corrected chi connectivity index (χ3v) is 7.69. The standard InChI is InChI=1S/C32H37N3O5/c1-4-32(2,30(38)34-28(29(36)37)19-35(3)18-22-12-6-5-7-13-22)21-33-31(39)40-20-27-25-16-10-8-14-23(25)24-15-9-11-17-26(24)27/h5-17,27-28H,4,18-21H2,1-3H3,(H,33,39)(H,34,38)(H,36,37). The summed E-state index contributed by atoms with van der Waals surface area (Å²) in [6.45, 7) is 4.40. The Morgan fingerprint density at radius 2 is 1.52 bits per heavy atom. The normalized spacial score (nSPS) is 14.5. The Labute approximate surface area is 235 Å². The second-order valence-electron chi connectivity index (χ2n) is 10.6. The number of rotatable bonds is 12. The lowest BCUT2D eigenvalue weighted by atomic mass is 9.86. The number of carboxylic acids is 1. The van der Waals surface area contributed by atoms with Crippen molar-refractivity contribution in [2.24, 2.45) is 5.41 Å². The van der Waals surface area contributed by atoms with Crippen LogP contribution in [0.15, 0.2) is 78.9 Å². The van der Waals surface area contributed by atoms with Crippen molar-refractivity contribution in [3.8, 4) is 11.1 Å². The molecule has 2 unspecified atom stereocenters. The summed E-state index contributed by atoms with van der Waals surface area (Å²) in [6.07, 6.45) is -0.221. The minimum Gasteiger partial charge on any atom is -0.480 e. The molecule has 4 rings (SSSR count). The minimum absolute atomic E-state index is 0.0121. The number of amides is 2. The molecule has 0 bridgehead atoms. The van der Waals surface area contributed by atoms with E-state index in [-0.39, 0.29) is 25.6 Å². The van der Waals surface area contributed by atoms with Crippen molar-refractivity contribution in [1.29, 1.82) is 0 Å². The molecule has 2 atom stereocenters. The van der Waals surface area contributed by atoms with Gasteiger partial charge >= 0.3 is 12.1 Å². The average molecular weight is 544 g/mol. The van der Waals surface area contributed by atoms with Crippen LogP contribution in [0.2, 0.25) is 0 Å². The van der Waals surface area contributed by atoms with Gasteiger partial charge in [0.15, 0.2) is 0 Å². The molecule has 3 N–H and O–H groups in total. The fourth-order valence-electron chi connectivity index (χ4n) is 5.07. The quantitative estimate of drug-likeness (QED) is 0.307. The molecule has 8 heteroatoms. The zero-order valence-corrected chi connectivity index (χ0v) is 23.2. The molecule has 40 heavy (non-hydrogen) atoms. The Hall–Kier alpha value is -4.17. The lowest BCUT2D eigenvalue weighted by molar-refractivity contribution is -0.144. The van der Waals surface area contributed by atoms with Crippen LogP contribution in [0, 0.1) is 5.41 Å². The van der Waals surface area contributed by atoms with Gasteiger partial charge in [-0.3, -0.25) is 9.69 Å². The molecule has 0 aliphatic heterocycles. The van der Waals surface area contributed by atoms with Crippen molar-refractivity contribution in [1.82, 2.24) is 15.5 Å². The van der Waals surface area contributed by atoms with Crippen molar-refractivity contribution in [2.75, 3.05) is 26.7 Å². The number of carbonyl (C=O) groups is 3. The number of benzene rings is 3. The van der Waals surface area contributed by atoms with Crippen molar-refractivity contribution in [3.63, 3.8) is 0 Å². The van der Waals surface area contributed by atoms with Crippen LogP contribution in [0.4, 0.5) is 4.79 Å². The summed E-state index contributed by atoms with van der Waals surface area (Å²) in [4.78, 5) is 39.7. The monoisotopic (exact) mass is 543 g/mol. The SMILES string of the molecule is CCC(C)(CNC(=O)OCC1c2ccccc2-c2ccccc21)C(=O)NC(CN(C)Cc1ccccc1)C(=O)O. The van der Waals surface area contributed by atoms with Gasteiger partial charge in [0.2, 0.25) is 5.91 Å². The molecule has 1 aliphatic carbocycles. The summed E-state index contributed by atoms with van der Waals surface area (Å²) in [5.74, 6) is -1.62. The van der Waals surface area contributed by atoms with Crippen LogP contribution in [0.1, 0.15) is 42.9 Å². The van der Waals surface area contributed by atoms with Crippen LogP contribution < -0.4 is 10.6 Å². The number of aliphatic carboxylic acids is 1.